The minimum absolute atomic E-state index is 0.101. The van der Waals surface area contributed by atoms with Crippen molar-refractivity contribution in [1.82, 2.24) is 0 Å². The van der Waals surface area contributed by atoms with Gasteiger partial charge in [0.15, 0.2) is 0 Å². The number of benzene rings is 1. The summed E-state index contributed by atoms with van der Waals surface area (Å²) in [5.74, 6) is 5.13. The van der Waals surface area contributed by atoms with E-state index in [2.05, 4.69) is 18.8 Å². The molecule has 0 saturated heterocycles. The van der Waals surface area contributed by atoms with Crippen molar-refractivity contribution in [2.24, 2.45) is 23.7 Å². The second-order valence-corrected chi connectivity index (χ2v) is 10.3. The molecule has 2 fully saturated rings. The Bertz CT molecular complexity index is 834. The van der Waals surface area contributed by atoms with Gasteiger partial charge in [0.2, 0.25) is 0 Å². The van der Waals surface area contributed by atoms with Crippen molar-refractivity contribution in [3.63, 3.8) is 0 Å². The summed E-state index contributed by atoms with van der Waals surface area (Å²) >= 11 is 0. The van der Waals surface area contributed by atoms with Crippen LogP contribution in [0.25, 0.3) is 0 Å². The van der Waals surface area contributed by atoms with Gasteiger partial charge in [-0.1, -0.05) is 82.6 Å². The van der Waals surface area contributed by atoms with Crippen LogP contribution in [0.4, 0.5) is 22.0 Å². The number of allylic oxidation sites excluding steroid dienone is 2. The molecule has 0 aliphatic heterocycles. The summed E-state index contributed by atoms with van der Waals surface area (Å²) in [6, 6.07) is 1.27. The Morgan fingerprint density at radius 2 is 1.32 bits per heavy atom. The molecule has 0 radical (unpaired) electrons. The molecule has 0 bridgehead atoms. The Labute approximate surface area is 201 Å². The molecule has 1 aromatic carbocycles. The fraction of sp³-hybridized carbons (Fsp3) is 0.655. The predicted molar refractivity (Wildman–Crippen MR) is 127 cm³/mol. The summed E-state index contributed by atoms with van der Waals surface area (Å²) in [5, 5.41) is 0. The molecule has 34 heavy (non-hydrogen) atoms. The molecule has 0 unspecified atom stereocenters. The third-order valence-corrected chi connectivity index (χ3v) is 7.80. The molecule has 0 heterocycles. The van der Waals surface area contributed by atoms with Crippen LogP contribution < -0.4 is 0 Å². The van der Waals surface area contributed by atoms with Gasteiger partial charge in [-0.3, -0.25) is 0 Å². The molecule has 2 aliphatic carbocycles. The summed E-state index contributed by atoms with van der Waals surface area (Å²) in [5.41, 5.74) is -1.97. The summed E-state index contributed by atoms with van der Waals surface area (Å²) in [6.45, 7) is 2.28. The van der Waals surface area contributed by atoms with Gasteiger partial charge < -0.3 is 0 Å². The largest absolute Gasteiger partial charge is 0.422 e. The molecule has 0 N–H and O–H groups in total. The smallest absolute Gasteiger partial charge is 0.206 e. The Kier molecular flexibility index (Phi) is 10.0. The van der Waals surface area contributed by atoms with Crippen molar-refractivity contribution < 1.29 is 22.0 Å². The van der Waals surface area contributed by atoms with E-state index in [0.717, 1.165) is 30.6 Å². The van der Waals surface area contributed by atoms with Gasteiger partial charge in [-0.2, -0.15) is 13.2 Å². The zero-order valence-electron chi connectivity index (χ0n) is 20.2. The standard InChI is InChI=1S/C29H37F5/c1-2-3-6-21-9-13-23(14-10-21)17-18-24-15-11-22(12-16-24)7-4-5-8-25-19-26(30)28(27(31)20-25)29(32,33)34/h4,7,19-24H,2-3,6,9-18H2,1H3/t21-,22-,23-,24-. The Balaban J connectivity index is 1.38. The number of rotatable bonds is 7. The van der Waals surface area contributed by atoms with Gasteiger partial charge >= 0.3 is 6.18 Å². The van der Waals surface area contributed by atoms with Crippen LogP contribution in [0.3, 0.4) is 0 Å². The van der Waals surface area contributed by atoms with Crippen molar-refractivity contribution in [3.8, 4) is 11.8 Å². The number of halogens is 5. The lowest BCUT2D eigenvalue weighted by molar-refractivity contribution is -0.142. The molecule has 5 heteroatoms. The van der Waals surface area contributed by atoms with E-state index in [1.807, 2.05) is 6.08 Å². The number of unbranched alkanes of at least 4 members (excludes halogenated alkanes) is 1. The van der Waals surface area contributed by atoms with Crippen LogP contribution >= 0.6 is 0 Å². The van der Waals surface area contributed by atoms with Gasteiger partial charge in [-0.05, 0) is 67.6 Å². The van der Waals surface area contributed by atoms with E-state index in [1.54, 1.807) is 6.08 Å². The first kappa shape index (κ1) is 26.8. The quantitative estimate of drug-likeness (QED) is 0.269. The molecule has 2 saturated carbocycles. The summed E-state index contributed by atoms with van der Waals surface area (Å²) in [4.78, 5) is 0. The van der Waals surface area contributed by atoms with E-state index in [-0.39, 0.29) is 5.56 Å². The SMILES string of the molecule is CCCC[C@H]1CC[C@H](CC[C@H]2CC[C@H](C=CC#Cc3cc(F)c(C(F)(F)F)c(F)c3)CC2)CC1. The number of hydrogen-bond donors (Lipinski definition) is 0. The maximum atomic E-state index is 13.6. The van der Waals surface area contributed by atoms with Crippen LogP contribution in [0.2, 0.25) is 0 Å². The van der Waals surface area contributed by atoms with E-state index in [9.17, 15) is 22.0 Å². The fourth-order valence-corrected chi connectivity index (χ4v) is 5.67. The normalized spacial score (nSPS) is 25.8. The van der Waals surface area contributed by atoms with Crippen molar-refractivity contribution in [2.45, 2.75) is 96.6 Å². The van der Waals surface area contributed by atoms with E-state index in [1.165, 1.54) is 70.6 Å². The first-order valence-electron chi connectivity index (χ1n) is 13.0. The van der Waals surface area contributed by atoms with Crippen molar-refractivity contribution in [2.75, 3.05) is 0 Å². The molecular weight excluding hydrogens is 443 g/mol. The second-order valence-electron chi connectivity index (χ2n) is 10.3. The predicted octanol–water partition coefficient (Wildman–Crippen LogP) is 9.47. The highest BCUT2D eigenvalue weighted by Gasteiger charge is 2.37. The molecule has 0 atom stereocenters. The first-order valence-corrected chi connectivity index (χ1v) is 13.0. The topological polar surface area (TPSA) is 0 Å². The van der Waals surface area contributed by atoms with E-state index < -0.39 is 23.4 Å². The van der Waals surface area contributed by atoms with E-state index >= 15 is 0 Å². The lowest BCUT2D eigenvalue weighted by Gasteiger charge is -2.31. The van der Waals surface area contributed by atoms with Crippen molar-refractivity contribution >= 4 is 0 Å². The minimum Gasteiger partial charge on any atom is -0.206 e. The average molecular weight is 481 g/mol. The van der Waals surface area contributed by atoms with Gasteiger partial charge in [0.25, 0.3) is 0 Å². The highest BCUT2D eigenvalue weighted by Crippen LogP contribution is 2.38. The average Bonchev–Trinajstić information content (AvgIpc) is 2.79. The molecule has 0 amide bonds. The first-order chi connectivity index (χ1) is 16.3. The van der Waals surface area contributed by atoms with Gasteiger partial charge in [-0.15, -0.1) is 0 Å². The zero-order chi connectivity index (χ0) is 24.6. The van der Waals surface area contributed by atoms with Crippen molar-refractivity contribution in [1.29, 1.82) is 0 Å². The molecule has 0 spiro atoms. The van der Waals surface area contributed by atoms with Crippen molar-refractivity contribution in [3.05, 3.63) is 47.0 Å². The van der Waals surface area contributed by atoms with Gasteiger partial charge in [0.05, 0.1) is 0 Å². The monoisotopic (exact) mass is 480 g/mol. The summed E-state index contributed by atoms with van der Waals surface area (Å²) < 4.78 is 65.2. The molecule has 1 aromatic rings. The van der Waals surface area contributed by atoms with Crippen LogP contribution in [-0.2, 0) is 6.18 Å². The van der Waals surface area contributed by atoms with Crippen LogP contribution in [-0.4, -0.2) is 0 Å². The highest BCUT2D eigenvalue weighted by atomic mass is 19.4. The van der Waals surface area contributed by atoms with Gasteiger partial charge in [0.1, 0.15) is 17.2 Å². The van der Waals surface area contributed by atoms with E-state index in [4.69, 9.17) is 0 Å². The zero-order valence-corrected chi connectivity index (χ0v) is 20.2. The third kappa shape index (κ3) is 8.14. The number of hydrogen-bond acceptors (Lipinski definition) is 0. The molecule has 0 aromatic heterocycles. The molecule has 3 rings (SSSR count). The molecule has 188 valence electrons. The van der Waals surface area contributed by atoms with Crippen LogP contribution in [0.1, 0.15) is 102 Å². The van der Waals surface area contributed by atoms with Gasteiger partial charge in [-0.25, -0.2) is 8.78 Å². The maximum Gasteiger partial charge on any atom is 0.422 e. The van der Waals surface area contributed by atoms with E-state index in [0.29, 0.717) is 18.1 Å². The molecule has 2 aliphatic rings. The fourth-order valence-electron chi connectivity index (χ4n) is 5.67. The highest BCUT2D eigenvalue weighted by molar-refractivity contribution is 5.40. The van der Waals surface area contributed by atoms with Crippen LogP contribution in [0.5, 0.6) is 0 Å². The number of alkyl halides is 3. The van der Waals surface area contributed by atoms with Gasteiger partial charge in [0, 0.05) is 5.56 Å². The van der Waals surface area contributed by atoms with Crippen LogP contribution in [0.15, 0.2) is 24.3 Å². The Morgan fingerprint density at radius 1 is 0.824 bits per heavy atom. The summed E-state index contributed by atoms with van der Waals surface area (Å²) in [6.07, 6.45) is 15.8. The Morgan fingerprint density at radius 3 is 1.82 bits per heavy atom. The minimum atomic E-state index is -5.06. The lowest BCUT2D eigenvalue weighted by atomic mass is 9.75. The lowest BCUT2D eigenvalue weighted by Crippen LogP contribution is -2.17. The Hall–Kier alpha value is -1.83. The molecular formula is C29H37F5. The second kappa shape index (κ2) is 12.8. The van der Waals surface area contributed by atoms with Crippen LogP contribution in [0, 0.1) is 47.1 Å². The molecule has 0 nitrogen and oxygen atoms in total. The third-order valence-electron chi connectivity index (χ3n) is 7.80. The summed E-state index contributed by atoms with van der Waals surface area (Å²) in [7, 11) is 0. The maximum absolute atomic E-state index is 13.6.